The molecule has 3 aliphatic heterocycles. The van der Waals surface area contributed by atoms with E-state index in [1.807, 2.05) is 10.3 Å². The fraction of sp³-hybridized carbons (Fsp3) is 0.387. The van der Waals surface area contributed by atoms with Crippen molar-refractivity contribution in [3.63, 3.8) is 0 Å². The maximum atomic E-state index is 13.1. The van der Waals surface area contributed by atoms with Crippen LogP contribution in [-0.2, 0) is 9.84 Å². The van der Waals surface area contributed by atoms with Crippen molar-refractivity contribution in [1.82, 2.24) is 24.8 Å². The van der Waals surface area contributed by atoms with Crippen molar-refractivity contribution in [2.24, 2.45) is 0 Å². The van der Waals surface area contributed by atoms with Gasteiger partial charge in [0.25, 0.3) is 0 Å². The number of sulfone groups is 1. The highest BCUT2D eigenvalue weighted by atomic mass is 32.2. The van der Waals surface area contributed by atoms with E-state index in [1.165, 1.54) is 11.3 Å². The minimum atomic E-state index is -3.58. The molecule has 5 heterocycles. The zero-order chi connectivity index (χ0) is 31.5. The summed E-state index contributed by atoms with van der Waals surface area (Å²) in [5.74, 6) is 2.22. The molecule has 1 amide bonds. The van der Waals surface area contributed by atoms with Crippen molar-refractivity contribution in [2.75, 3.05) is 71.8 Å². The first-order valence-corrected chi connectivity index (χ1v) is 18.7. The third-order valence-corrected chi connectivity index (χ3v) is 11.8. The normalized spacial score (nSPS) is 17.1. The van der Waals surface area contributed by atoms with Crippen LogP contribution in [0.5, 0.6) is 0 Å². The number of thiazole rings is 1. The summed E-state index contributed by atoms with van der Waals surface area (Å²) in [5.41, 5.74) is 1.50. The molecule has 0 unspecified atom stereocenters. The van der Waals surface area contributed by atoms with Crippen molar-refractivity contribution >= 4 is 61.3 Å². The Morgan fingerprint density at radius 1 is 0.674 bits per heavy atom. The van der Waals surface area contributed by atoms with E-state index in [9.17, 15) is 13.2 Å². The molecule has 0 aliphatic carbocycles. The van der Waals surface area contributed by atoms with E-state index >= 15 is 0 Å². The first-order valence-electron chi connectivity index (χ1n) is 15.5. The molecule has 7 rings (SSSR count). The van der Waals surface area contributed by atoms with Gasteiger partial charge in [-0.1, -0.05) is 30.3 Å². The number of hydrogen-bond donors (Lipinski definition) is 1. The van der Waals surface area contributed by atoms with Crippen LogP contribution < -0.4 is 19.4 Å². The lowest BCUT2D eigenvalue weighted by atomic mass is 10.2. The lowest BCUT2D eigenvalue weighted by Gasteiger charge is -2.35. The van der Waals surface area contributed by atoms with E-state index in [1.54, 1.807) is 54.6 Å². The summed E-state index contributed by atoms with van der Waals surface area (Å²) in [7, 11) is -3.58. The van der Waals surface area contributed by atoms with Crippen molar-refractivity contribution < 1.29 is 13.2 Å². The molecule has 46 heavy (non-hydrogen) atoms. The Balaban J connectivity index is 0.940. The van der Waals surface area contributed by atoms with Gasteiger partial charge in [-0.2, -0.15) is 15.0 Å². The number of amides is 1. The molecule has 0 spiro atoms. The Morgan fingerprint density at radius 2 is 1.20 bits per heavy atom. The lowest BCUT2D eigenvalue weighted by molar-refractivity contribution is 0.219. The van der Waals surface area contributed by atoms with Crippen LogP contribution in [-0.4, -0.2) is 90.9 Å². The van der Waals surface area contributed by atoms with E-state index < -0.39 is 9.84 Å². The van der Waals surface area contributed by atoms with Gasteiger partial charge in [0.1, 0.15) is 0 Å². The summed E-state index contributed by atoms with van der Waals surface area (Å²) in [6.07, 6.45) is 4.63. The fourth-order valence-electron chi connectivity index (χ4n) is 5.84. The SMILES string of the molecule is O=C(SNc1nc(-c2ccc(S(=O)(=O)c3ccccc3)cc2)cs1)N1CCN(c2nc(N3CCCC3)nc(N3CCCC3)n2)CC1. The number of hydrogen-bond acceptors (Lipinski definition) is 13. The topological polar surface area (TPSA) is 128 Å². The first-order chi connectivity index (χ1) is 22.4. The lowest BCUT2D eigenvalue weighted by Crippen LogP contribution is -2.48. The highest BCUT2D eigenvalue weighted by molar-refractivity contribution is 8.14. The zero-order valence-corrected chi connectivity index (χ0v) is 27.7. The summed E-state index contributed by atoms with van der Waals surface area (Å²) in [5, 5.41) is 2.41. The van der Waals surface area contributed by atoms with Gasteiger partial charge in [-0.3, -0.25) is 9.52 Å². The minimum Gasteiger partial charge on any atom is -0.341 e. The first kappa shape index (κ1) is 30.7. The fourth-order valence-corrected chi connectivity index (χ4v) is 8.53. The number of carbonyl (C=O) groups excluding carboxylic acids is 1. The van der Waals surface area contributed by atoms with Gasteiger partial charge in [-0.25, -0.2) is 13.4 Å². The van der Waals surface area contributed by atoms with Crippen LogP contribution in [0.25, 0.3) is 11.3 Å². The van der Waals surface area contributed by atoms with E-state index in [2.05, 4.69) is 24.4 Å². The molecule has 0 bridgehead atoms. The van der Waals surface area contributed by atoms with Crippen LogP contribution in [0.15, 0.2) is 69.8 Å². The second-order valence-electron chi connectivity index (χ2n) is 11.4. The van der Waals surface area contributed by atoms with E-state index in [4.69, 9.17) is 15.0 Å². The second kappa shape index (κ2) is 13.4. The zero-order valence-electron chi connectivity index (χ0n) is 25.3. The van der Waals surface area contributed by atoms with Gasteiger partial charge < -0.3 is 19.6 Å². The van der Waals surface area contributed by atoms with E-state index in [0.29, 0.717) is 43.0 Å². The molecule has 0 atom stereocenters. The number of aromatic nitrogens is 4. The Morgan fingerprint density at radius 3 is 1.76 bits per heavy atom. The van der Waals surface area contributed by atoms with E-state index in [-0.39, 0.29) is 15.0 Å². The molecule has 3 aliphatic rings. The molecule has 2 aromatic heterocycles. The molecule has 0 radical (unpaired) electrons. The van der Waals surface area contributed by atoms with Crippen molar-refractivity contribution in [1.29, 1.82) is 0 Å². The molecule has 1 N–H and O–H groups in total. The molecule has 15 heteroatoms. The maximum Gasteiger partial charge on any atom is 0.302 e. The van der Waals surface area contributed by atoms with Gasteiger partial charge in [0.05, 0.1) is 15.5 Å². The van der Waals surface area contributed by atoms with Crippen LogP contribution in [0.1, 0.15) is 25.7 Å². The number of piperazine rings is 1. The average Bonchev–Trinajstić information content (AvgIpc) is 3.92. The number of benzene rings is 2. The van der Waals surface area contributed by atoms with Gasteiger partial charge in [0, 0.05) is 75.2 Å². The quantitative estimate of drug-likeness (QED) is 0.251. The van der Waals surface area contributed by atoms with Crippen LogP contribution in [0, 0.1) is 0 Å². The highest BCUT2D eigenvalue weighted by Gasteiger charge is 2.27. The van der Waals surface area contributed by atoms with Gasteiger partial charge in [0.2, 0.25) is 27.7 Å². The van der Waals surface area contributed by atoms with Crippen molar-refractivity contribution in [3.8, 4) is 11.3 Å². The van der Waals surface area contributed by atoms with Crippen LogP contribution in [0.2, 0.25) is 0 Å². The highest BCUT2D eigenvalue weighted by Crippen LogP contribution is 2.30. The van der Waals surface area contributed by atoms with Gasteiger partial charge in [0.15, 0.2) is 5.13 Å². The number of nitrogens with one attached hydrogen (secondary N) is 1. The predicted molar refractivity (Wildman–Crippen MR) is 183 cm³/mol. The third-order valence-electron chi connectivity index (χ3n) is 8.44. The Labute approximate surface area is 276 Å². The average molecular weight is 678 g/mol. The second-order valence-corrected chi connectivity index (χ2v) is 15.0. The maximum absolute atomic E-state index is 13.1. The van der Waals surface area contributed by atoms with E-state index in [0.717, 1.165) is 81.3 Å². The Hall–Kier alpha value is -3.95. The number of anilines is 4. The minimum absolute atomic E-state index is 0.0713. The number of rotatable bonds is 8. The van der Waals surface area contributed by atoms with Gasteiger partial charge >= 0.3 is 5.24 Å². The molecule has 0 saturated carbocycles. The summed E-state index contributed by atoms with van der Waals surface area (Å²) in [6, 6.07) is 15.1. The summed E-state index contributed by atoms with van der Waals surface area (Å²) in [4.78, 5) is 41.2. The molecule has 240 valence electrons. The monoisotopic (exact) mass is 677 g/mol. The van der Waals surface area contributed by atoms with Gasteiger partial charge in [-0.05, 0) is 49.9 Å². The molecule has 2 aromatic carbocycles. The van der Waals surface area contributed by atoms with Crippen LogP contribution in [0.4, 0.5) is 27.8 Å². The van der Waals surface area contributed by atoms with Gasteiger partial charge in [-0.15, -0.1) is 11.3 Å². The predicted octanol–water partition coefficient (Wildman–Crippen LogP) is 5.03. The summed E-state index contributed by atoms with van der Waals surface area (Å²) < 4.78 is 28.9. The third kappa shape index (κ3) is 6.62. The van der Waals surface area contributed by atoms with Crippen LogP contribution in [0.3, 0.4) is 0 Å². The molecular weight excluding hydrogens is 643 g/mol. The molecular formula is C31H35N9O3S3. The van der Waals surface area contributed by atoms with Crippen LogP contribution >= 0.6 is 23.3 Å². The molecule has 3 fully saturated rings. The van der Waals surface area contributed by atoms with Crippen molar-refractivity contribution in [3.05, 3.63) is 60.0 Å². The largest absolute Gasteiger partial charge is 0.341 e. The Bertz CT molecular complexity index is 1730. The smallest absolute Gasteiger partial charge is 0.302 e. The molecule has 12 nitrogen and oxygen atoms in total. The number of nitrogens with zero attached hydrogens (tertiary/aromatic N) is 8. The molecule has 4 aromatic rings. The number of carbonyl (C=O) groups is 1. The van der Waals surface area contributed by atoms with Crippen molar-refractivity contribution in [2.45, 2.75) is 35.5 Å². The summed E-state index contributed by atoms with van der Waals surface area (Å²) >= 11 is 2.41. The Kier molecular flexibility index (Phi) is 8.95. The summed E-state index contributed by atoms with van der Waals surface area (Å²) in [6.45, 7) is 6.32. The molecule has 3 saturated heterocycles. The standard InChI is InChI=1S/C31H35N9O3S3/c41-31(45-36-30-32-26(22-44-30)23-10-12-25(13-11-23)46(42,43)24-8-2-1-3-9-24)40-20-18-39(19-21-40)29-34-27(37-14-4-5-15-37)33-28(35-29)38-16-6-7-17-38/h1-3,8-13,22H,4-7,14-21H2,(H,32,36).